The summed E-state index contributed by atoms with van der Waals surface area (Å²) in [6.45, 7) is 7.76. The number of aryl methyl sites for hydroxylation is 2. The van der Waals surface area contributed by atoms with Gasteiger partial charge in [0.25, 0.3) is 0 Å². The zero-order chi connectivity index (χ0) is 22.6. The number of phenolic OH excluding ortho intramolecular Hbond substituents is 1. The summed E-state index contributed by atoms with van der Waals surface area (Å²) in [7, 11) is 0. The highest BCUT2D eigenvalue weighted by Crippen LogP contribution is 2.32. The third kappa shape index (κ3) is 4.79. The predicted octanol–water partition coefficient (Wildman–Crippen LogP) is 5.07. The molecule has 2 N–H and O–H groups in total. The summed E-state index contributed by atoms with van der Waals surface area (Å²) < 4.78 is 1.06. The number of nitrogens with one attached hydrogen (secondary N) is 1. The molecule has 1 aliphatic rings. The lowest BCUT2D eigenvalue weighted by Crippen LogP contribution is -2.46. The van der Waals surface area contributed by atoms with Gasteiger partial charge in [0.1, 0.15) is 12.1 Å². The highest BCUT2D eigenvalue weighted by molar-refractivity contribution is 7.18. The molecule has 1 saturated heterocycles. The molecule has 0 spiro atoms. The summed E-state index contributed by atoms with van der Waals surface area (Å²) in [5.74, 6) is 1.19. The zero-order valence-electron chi connectivity index (χ0n) is 18.9. The number of para-hydroxylation sites is 1. The molecule has 0 aliphatic carbocycles. The molecule has 170 valence electrons. The number of likely N-dealkylation sites (N-methyl/N-ethyl adjacent to an activating group) is 1. The molecule has 4 aromatic rings. The van der Waals surface area contributed by atoms with E-state index in [-0.39, 0.29) is 0 Å². The van der Waals surface area contributed by atoms with Crippen molar-refractivity contribution in [1.82, 2.24) is 14.9 Å². The topological polar surface area (TPSA) is 64.5 Å². The second-order valence-electron chi connectivity index (χ2n) is 8.38. The fraction of sp³-hybridized carbons (Fsp3) is 0.308. The van der Waals surface area contributed by atoms with E-state index < -0.39 is 0 Å². The number of anilines is 3. The average molecular weight is 460 g/mol. The van der Waals surface area contributed by atoms with Gasteiger partial charge in [0, 0.05) is 37.6 Å². The van der Waals surface area contributed by atoms with Crippen LogP contribution in [-0.4, -0.2) is 52.7 Å². The Balaban J connectivity index is 1.28. The smallest absolute Gasteiger partial charge is 0.151 e. The van der Waals surface area contributed by atoms with Gasteiger partial charge in [-0.1, -0.05) is 25.1 Å². The van der Waals surface area contributed by atoms with Crippen molar-refractivity contribution in [3.05, 3.63) is 71.4 Å². The first-order chi connectivity index (χ1) is 16.2. The first-order valence-corrected chi connectivity index (χ1v) is 12.4. The first-order valence-electron chi connectivity index (χ1n) is 11.5. The van der Waals surface area contributed by atoms with Crippen LogP contribution in [0.4, 0.5) is 17.2 Å². The van der Waals surface area contributed by atoms with E-state index in [0.717, 1.165) is 72.9 Å². The molecule has 0 saturated carbocycles. The maximum absolute atomic E-state index is 10.0. The molecule has 1 fully saturated rings. The Bertz CT molecular complexity index is 1220. The van der Waals surface area contributed by atoms with E-state index in [2.05, 4.69) is 61.7 Å². The van der Waals surface area contributed by atoms with Crippen molar-refractivity contribution in [2.75, 3.05) is 42.9 Å². The molecule has 5 rings (SSSR count). The number of hydrogen-bond acceptors (Lipinski definition) is 7. The van der Waals surface area contributed by atoms with Gasteiger partial charge in [0.15, 0.2) is 5.82 Å². The Hall–Kier alpha value is -3.16. The Kier molecular flexibility index (Phi) is 6.41. The highest BCUT2D eigenvalue weighted by Gasteiger charge is 2.16. The fourth-order valence-electron chi connectivity index (χ4n) is 4.37. The van der Waals surface area contributed by atoms with Gasteiger partial charge in [-0.15, -0.1) is 11.3 Å². The van der Waals surface area contributed by atoms with Crippen LogP contribution >= 0.6 is 11.3 Å². The fourth-order valence-corrected chi connectivity index (χ4v) is 5.37. The monoisotopic (exact) mass is 459 g/mol. The van der Waals surface area contributed by atoms with E-state index in [0.29, 0.717) is 5.75 Å². The van der Waals surface area contributed by atoms with E-state index in [1.165, 1.54) is 11.3 Å². The Morgan fingerprint density at radius 3 is 2.45 bits per heavy atom. The van der Waals surface area contributed by atoms with Gasteiger partial charge in [0.05, 0.1) is 10.2 Å². The van der Waals surface area contributed by atoms with Crippen LogP contribution in [0.1, 0.15) is 18.1 Å². The number of aromatic hydroxyl groups is 1. The second-order valence-corrected chi connectivity index (χ2v) is 9.26. The number of hydrogen-bond donors (Lipinski definition) is 2. The first kappa shape index (κ1) is 21.7. The normalized spacial score (nSPS) is 14.6. The maximum Gasteiger partial charge on any atom is 0.151 e. The van der Waals surface area contributed by atoms with E-state index in [1.54, 1.807) is 23.7 Å². The number of nitrogens with zero attached hydrogens (tertiary/aromatic N) is 4. The van der Waals surface area contributed by atoms with Gasteiger partial charge in [-0.25, -0.2) is 9.97 Å². The molecule has 2 aromatic carbocycles. The summed E-state index contributed by atoms with van der Waals surface area (Å²) in [5.41, 5.74) is 5.42. The summed E-state index contributed by atoms with van der Waals surface area (Å²) in [4.78, 5) is 14.0. The SMILES string of the molecule is CCN1CCN(c2ccc(Nc3ncnc4c(CCc5ccccc5O)csc34)cc2)CC1. The highest BCUT2D eigenvalue weighted by atomic mass is 32.1. The third-order valence-corrected chi connectivity index (χ3v) is 7.42. The molecule has 1 aliphatic heterocycles. The molecule has 33 heavy (non-hydrogen) atoms. The van der Waals surface area contributed by atoms with Crippen LogP contribution in [0.5, 0.6) is 5.75 Å². The van der Waals surface area contributed by atoms with Crippen LogP contribution in [0.3, 0.4) is 0 Å². The molecule has 0 unspecified atom stereocenters. The van der Waals surface area contributed by atoms with Crippen molar-refractivity contribution in [2.45, 2.75) is 19.8 Å². The number of fused-ring (bicyclic) bond motifs is 1. The van der Waals surface area contributed by atoms with E-state index in [9.17, 15) is 5.11 Å². The van der Waals surface area contributed by atoms with Crippen LogP contribution in [0.2, 0.25) is 0 Å². The Labute approximate surface area is 198 Å². The molecule has 6 nitrogen and oxygen atoms in total. The molecule has 0 atom stereocenters. The maximum atomic E-state index is 10.0. The summed E-state index contributed by atoms with van der Waals surface area (Å²) in [6.07, 6.45) is 3.23. The van der Waals surface area contributed by atoms with E-state index in [1.807, 2.05) is 18.2 Å². The largest absolute Gasteiger partial charge is 0.508 e. The molecule has 0 radical (unpaired) electrons. The van der Waals surface area contributed by atoms with Gasteiger partial charge in [-0.3, -0.25) is 0 Å². The summed E-state index contributed by atoms with van der Waals surface area (Å²) in [6, 6.07) is 16.2. The van der Waals surface area contributed by atoms with Gasteiger partial charge >= 0.3 is 0 Å². The lowest BCUT2D eigenvalue weighted by Gasteiger charge is -2.35. The van der Waals surface area contributed by atoms with Crippen molar-refractivity contribution in [2.24, 2.45) is 0 Å². The molecule has 7 heteroatoms. The van der Waals surface area contributed by atoms with Gasteiger partial charge in [-0.05, 0) is 66.2 Å². The van der Waals surface area contributed by atoms with Crippen molar-refractivity contribution < 1.29 is 5.11 Å². The Morgan fingerprint density at radius 2 is 1.70 bits per heavy atom. The van der Waals surface area contributed by atoms with Crippen LogP contribution in [-0.2, 0) is 12.8 Å². The molecular weight excluding hydrogens is 430 g/mol. The molecule has 2 aromatic heterocycles. The average Bonchev–Trinajstić information content (AvgIpc) is 3.28. The number of phenols is 1. The summed E-state index contributed by atoms with van der Waals surface area (Å²) in [5, 5.41) is 15.7. The van der Waals surface area contributed by atoms with Crippen molar-refractivity contribution in [3.8, 4) is 5.75 Å². The number of benzene rings is 2. The lowest BCUT2D eigenvalue weighted by atomic mass is 10.1. The second kappa shape index (κ2) is 9.77. The number of thiophene rings is 1. The van der Waals surface area contributed by atoms with Crippen LogP contribution in [0.15, 0.2) is 60.2 Å². The predicted molar refractivity (Wildman–Crippen MR) is 137 cm³/mol. The van der Waals surface area contributed by atoms with Crippen LogP contribution in [0.25, 0.3) is 10.2 Å². The Morgan fingerprint density at radius 1 is 0.939 bits per heavy atom. The van der Waals surface area contributed by atoms with Crippen molar-refractivity contribution in [3.63, 3.8) is 0 Å². The van der Waals surface area contributed by atoms with Crippen LogP contribution < -0.4 is 10.2 Å². The minimum absolute atomic E-state index is 0.352. The van der Waals surface area contributed by atoms with Crippen molar-refractivity contribution in [1.29, 1.82) is 0 Å². The van der Waals surface area contributed by atoms with E-state index >= 15 is 0 Å². The van der Waals surface area contributed by atoms with Crippen molar-refractivity contribution >= 4 is 38.7 Å². The molecule has 0 amide bonds. The molecule has 3 heterocycles. The third-order valence-electron chi connectivity index (χ3n) is 6.40. The minimum Gasteiger partial charge on any atom is -0.508 e. The standard InChI is InChI=1S/C26H29N5OS/c1-2-30-13-15-31(16-14-30)22-11-9-21(10-12-22)29-26-25-24(27-18-28-26)20(17-33-25)8-7-19-5-3-4-6-23(19)32/h3-6,9-12,17-18,32H,2,7-8,13-16H2,1H3,(H,27,28,29). The van der Waals surface area contributed by atoms with Gasteiger partial charge in [0.2, 0.25) is 0 Å². The minimum atomic E-state index is 0.352. The van der Waals surface area contributed by atoms with E-state index in [4.69, 9.17) is 0 Å². The molecular formula is C26H29N5OS. The lowest BCUT2D eigenvalue weighted by molar-refractivity contribution is 0.271. The van der Waals surface area contributed by atoms with Gasteiger partial charge in [-0.2, -0.15) is 0 Å². The number of aromatic nitrogens is 2. The zero-order valence-corrected chi connectivity index (χ0v) is 19.7. The van der Waals surface area contributed by atoms with Gasteiger partial charge < -0.3 is 20.2 Å². The quantitative estimate of drug-likeness (QED) is 0.402. The molecule has 0 bridgehead atoms. The number of rotatable bonds is 7. The van der Waals surface area contributed by atoms with Crippen LogP contribution in [0, 0.1) is 0 Å². The summed E-state index contributed by atoms with van der Waals surface area (Å²) >= 11 is 1.66. The number of piperazine rings is 1.